The Kier molecular flexibility index (Phi) is 4.57. The second-order valence-corrected chi connectivity index (χ2v) is 8.32. The maximum absolute atomic E-state index is 14.2. The lowest BCUT2D eigenvalue weighted by molar-refractivity contribution is -0.120. The number of benzene rings is 3. The van der Waals surface area contributed by atoms with Crippen LogP contribution >= 0.6 is 11.3 Å². The summed E-state index contributed by atoms with van der Waals surface area (Å²) in [6.45, 7) is 0. The highest BCUT2D eigenvalue weighted by molar-refractivity contribution is 7.15. The van der Waals surface area contributed by atoms with E-state index in [1.807, 2.05) is 96.4 Å². The first-order valence-corrected chi connectivity index (χ1v) is 10.7. The van der Waals surface area contributed by atoms with Gasteiger partial charge in [-0.25, -0.2) is 0 Å². The average Bonchev–Trinajstić information content (AvgIpc) is 3.22. The molecule has 4 aromatic rings. The SMILES string of the molecule is O=C1Nc2scc(-c3ccccc3)c2C(=O)C1(Cc1ccccc1)c1ccccc1. The zero-order chi connectivity index (χ0) is 20.6. The lowest BCUT2D eigenvalue weighted by atomic mass is 9.68. The van der Waals surface area contributed by atoms with Gasteiger partial charge < -0.3 is 5.32 Å². The zero-order valence-electron chi connectivity index (χ0n) is 16.2. The van der Waals surface area contributed by atoms with E-state index in [4.69, 9.17) is 0 Å². The van der Waals surface area contributed by atoms with Gasteiger partial charge in [0.15, 0.2) is 5.78 Å². The van der Waals surface area contributed by atoms with Gasteiger partial charge in [0.05, 0.1) is 5.56 Å². The van der Waals surface area contributed by atoms with Crippen molar-refractivity contribution >= 4 is 28.0 Å². The molecule has 0 radical (unpaired) electrons. The zero-order valence-corrected chi connectivity index (χ0v) is 17.0. The summed E-state index contributed by atoms with van der Waals surface area (Å²) in [4.78, 5) is 27.7. The monoisotopic (exact) mass is 409 g/mol. The molecule has 0 spiro atoms. The van der Waals surface area contributed by atoms with Crippen LogP contribution in [0.1, 0.15) is 21.5 Å². The maximum atomic E-state index is 14.2. The smallest absolute Gasteiger partial charge is 0.243 e. The van der Waals surface area contributed by atoms with Crippen LogP contribution in [0.3, 0.4) is 0 Å². The Bertz CT molecular complexity index is 1220. The van der Waals surface area contributed by atoms with Crippen LogP contribution in [0.5, 0.6) is 0 Å². The number of ketones is 1. The van der Waals surface area contributed by atoms with Crippen molar-refractivity contribution < 1.29 is 9.59 Å². The first-order chi connectivity index (χ1) is 14.7. The molecule has 0 saturated carbocycles. The van der Waals surface area contributed by atoms with Gasteiger partial charge in [0.25, 0.3) is 0 Å². The highest BCUT2D eigenvalue weighted by Crippen LogP contribution is 2.46. The molecule has 0 saturated heterocycles. The lowest BCUT2D eigenvalue weighted by Crippen LogP contribution is -2.52. The number of fused-ring (bicyclic) bond motifs is 1. The van der Waals surface area contributed by atoms with Crippen LogP contribution in [-0.2, 0) is 16.6 Å². The summed E-state index contributed by atoms with van der Waals surface area (Å²) in [5.41, 5.74) is 2.80. The highest BCUT2D eigenvalue weighted by atomic mass is 32.1. The van der Waals surface area contributed by atoms with Crippen LogP contribution in [0.2, 0.25) is 0 Å². The topological polar surface area (TPSA) is 46.2 Å². The fourth-order valence-electron chi connectivity index (χ4n) is 4.18. The largest absolute Gasteiger partial charge is 0.316 e. The van der Waals surface area contributed by atoms with Crippen molar-refractivity contribution in [3.8, 4) is 11.1 Å². The molecule has 1 amide bonds. The molecule has 1 unspecified atom stereocenters. The van der Waals surface area contributed by atoms with Crippen LogP contribution in [0, 0.1) is 0 Å². The second kappa shape index (κ2) is 7.39. The van der Waals surface area contributed by atoms with Crippen LogP contribution in [0.25, 0.3) is 11.1 Å². The Labute approximate surface area is 179 Å². The van der Waals surface area contributed by atoms with Crippen molar-refractivity contribution in [2.24, 2.45) is 0 Å². The maximum Gasteiger partial charge on any atom is 0.243 e. The van der Waals surface area contributed by atoms with Gasteiger partial charge in [-0.2, -0.15) is 0 Å². The Balaban J connectivity index is 1.72. The second-order valence-electron chi connectivity index (χ2n) is 7.44. The van der Waals surface area contributed by atoms with Crippen molar-refractivity contribution in [3.63, 3.8) is 0 Å². The van der Waals surface area contributed by atoms with Gasteiger partial charge in [-0.3, -0.25) is 9.59 Å². The number of carbonyl (C=O) groups excluding carboxylic acids is 2. The summed E-state index contributed by atoms with van der Waals surface area (Å²) >= 11 is 1.40. The molecule has 1 aliphatic heterocycles. The van der Waals surface area contributed by atoms with Crippen LogP contribution in [0.15, 0.2) is 96.4 Å². The number of amides is 1. The van der Waals surface area contributed by atoms with E-state index < -0.39 is 5.41 Å². The van der Waals surface area contributed by atoms with Crippen LogP contribution < -0.4 is 5.32 Å². The van der Waals surface area contributed by atoms with Gasteiger partial charge in [-0.1, -0.05) is 91.0 Å². The minimum Gasteiger partial charge on any atom is -0.316 e. The number of hydrogen-bond donors (Lipinski definition) is 1. The van der Waals surface area contributed by atoms with Gasteiger partial charge in [-0.05, 0) is 23.1 Å². The van der Waals surface area contributed by atoms with E-state index in [1.165, 1.54) is 11.3 Å². The summed E-state index contributed by atoms with van der Waals surface area (Å²) in [5.74, 6) is -0.409. The van der Waals surface area contributed by atoms with Gasteiger partial charge in [-0.15, -0.1) is 11.3 Å². The number of anilines is 1. The molecule has 3 aromatic carbocycles. The van der Waals surface area contributed by atoms with Crippen molar-refractivity contribution in [3.05, 3.63) is 113 Å². The normalized spacial score (nSPS) is 18.0. The van der Waals surface area contributed by atoms with Gasteiger partial charge in [0.2, 0.25) is 5.91 Å². The van der Waals surface area contributed by atoms with E-state index in [2.05, 4.69) is 5.32 Å². The molecule has 0 fully saturated rings. The third-order valence-corrected chi connectivity index (χ3v) is 6.58. The van der Waals surface area contributed by atoms with E-state index in [9.17, 15) is 9.59 Å². The highest BCUT2D eigenvalue weighted by Gasteiger charge is 2.52. The summed E-state index contributed by atoms with van der Waals surface area (Å²) in [7, 11) is 0. The number of Topliss-reactive ketones (excluding diaryl/α,β-unsaturated/α-hetero) is 1. The predicted octanol–water partition coefficient (Wildman–Crippen LogP) is 5.73. The molecule has 30 heavy (non-hydrogen) atoms. The fourth-order valence-corrected chi connectivity index (χ4v) is 5.14. The van der Waals surface area contributed by atoms with Crippen LogP contribution in [0.4, 0.5) is 5.00 Å². The first-order valence-electron chi connectivity index (χ1n) is 9.83. The molecular weight excluding hydrogens is 390 g/mol. The quantitative estimate of drug-likeness (QED) is 0.438. The Morgan fingerprint density at radius 3 is 2.03 bits per heavy atom. The molecule has 1 atom stereocenters. The standard InChI is InChI=1S/C26H19NO2S/c28-23-22-21(19-12-6-2-7-13-19)17-30-24(22)27-25(29)26(23,20-14-8-3-9-15-20)16-18-10-4-1-5-11-18/h1-15,17H,16H2,(H,27,29). The molecule has 5 rings (SSSR count). The number of nitrogens with one attached hydrogen (secondary N) is 1. The summed E-state index contributed by atoms with van der Waals surface area (Å²) in [5, 5.41) is 5.64. The molecule has 0 aliphatic carbocycles. The van der Waals surface area contributed by atoms with E-state index in [-0.39, 0.29) is 11.7 Å². The number of thiophene rings is 1. The summed E-state index contributed by atoms with van der Waals surface area (Å²) in [6.07, 6.45) is 0.312. The number of rotatable bonds is 4. The van der Waals surface area contributed by atoms with E-state index in [0.29, 0.717) is 22.5 Å². The van der Waals surface area contributed by atoms with Gasteiger partial charge >= 0.3 is 0 Å². The van der Waals surface area contributed by atoms with Gasteiger partial charge in [0.1, 0.15) is 10.4 Å². The molecule has 1 aromatic heterocycles. The third-order valence-electron chi connectivity index (χ3n) is 5.68. The van der Waals surface area contributed by atoms with Gasteiger partial charge in [0, 0.05) is 10.9 Å². The van der Waals surface area contributed by atoms with Crippen LogP contribution in [-0.4, -0.2) is 11.7 Å². The number of hydrogen-bond acceptors (Lipinski definition) is 3. The van der Waals surface area contributed by atoms with E-state index >= 15 is 0 Å². The van der Waals surface area contributed by atoms with Crippen molar-refractivity contribution in [1.29, 1.82) is 0 Å². The predicted molar refractivity (Wildman–Crippen MR) is 121 cm³/mol. The Hall–Kier alpha value is -3.50. The number of carbonyl (C=O) groups is 2. The molecule has 2 heterocycles. The first kappa shape index (κ1) is 18.5. The van der Waals surface area contributed by atoms with E-state index in [1.54, 1.807) is 0 Å². The van der Waals surface area contributed by atoms with Crippen molar-refractivity contribution in [1.82, 2.24) is 0 Å². The third kappa shape index (κ3) is 2.88. The molecular formula is C26H19NO2S. The molecule has 0 bridgehead atoms. The Morgan fingerprint density at radius 2 is 1.37 bits per heavy atom. The summed E-state index contributed by atoms with van der Waals surface area (Å²) < 4.78 is 0. The molecule has 4 heteroatoms. The van der Waals surface area contributed by atoms with Crippen molar-refractivity contribution in [2.75, 3.05) is 5.32 Å². The molecule has 3 nitrogen and oxygen atoms in total. The molecule has 1 aliphatic rings. The minimum absolute atomic E-state index is 0.142. The van der Waals surface area contributed by atoms with E-state index in [0.717, 1.165) is 16.7 Å². The summed E-state index contributed by atoms with van der Waals surface area (Å²) in [6, 6.07) is 29.0. The molecule has 146 valence electrons. The lowest BCUT2D eigenvalue weighted by Gasteiger charge is -2.35. The average molecular weight is 410 g/mol. The minimum atomic E-state index is -1.31. The van der Waals surface area contributed by atoms with Crippen molar-refractivity contribution in [2.45, 2.75) is 11.8 Å². The molecule has 1 N–H and O–H groups in total. The fraction of sp³-hybridized carbons (Fsp3) is 0.0769. The Morgan fingerprint density at radius 1 is 0.767 bits per heavy atom.